The fourth-order valence-electron chi connectivity index (χ4n) is 3.18. The molecule has 0 aliphatic heterocycles. The molecule has 3 aromatic rings. The lowest BCUT2D eigenvalue weighted by atomic mass is 9.98. The first-order chi connectivity index (χ1) is 12.3. The summed E-state index contributed by atoms with van der Waals surface area (Å²) in [6, 6.07) is 10.5. The Kier molecular flexibility index (Phi) is 4.32. The highest BCUT2D eigenvalue weighted by molar-refractivity contribution is 7.17. The minimum absolute atomic E-state index is 0.328. The van der Waals surface area contributed by atoms with Crippen LogP contribution in [-0.2, 0) is 17.6 Å². The van der Waals surface area contributed by atoms with Gasteiger partial charge in [0.25, 0.3) is 0 Å². The zero-order chi connectivity index (χ0) is 17.2. The monoisotopic (exact) mass is 350 g/mol. The molecule has 0 bridgehead atoms. The topological polar surface area (TPSA) is 52.1 Å². The summed E-state index contributed by atoms with van der Waals surface area (Å²) in [5.74, 6) is -0.328. The van der Waals surface area contributed by atoms with Gasteiger partial charge in [-0.3, -0.25) is 4.98 Å². The fraction of sp³-hybridized carbons (Fsp3) is 0.250. The van der Waals surface area contributed by atoms with Gasteiger partial charge < -0.3 is 4.74 Å². The third-order valence-electron chi connectivity index (χ3n) is 4.36. The Morgan fingerprint density at radius 3 is 2.96 bits per heavy atom. The normalized spacial score (nSPS) is 12.8. The maximum absolute atomic E-state index is 12.1. The lowest BCUT2D eigenvalue weighted by molar-refractivity contribution is 0.0525. The molecule has 5 heteroatoms. The van der Waals surface area contributed by atoms with Crippen molar-refractivity contribution in [1.29, 1.82) is 0 Å². The molecule has 0 saturated carbocycles. The molecule has 0 amide bonds. The van der Waals surface area contributed by atoms with Gasteiger partial charge in [-0.1, -0.05) is 18.2 Å². The molecule has 0 atom stereocenters. The lowest BCUT2D eigenvalue weighted by Gasteiger charge is -2.09. The van der Waals surface area contributed by atoms with Gasteiger partial charge in [0.2, 0.25) is 5.01 Å². The zero-order valence-electron chi connectivity index (χ0n) is 14.0. The van der Waals surface area contributed by atoms with Crippen molar-refractivity contribution in [3.63, 3.8) is 0 Å². The second kappa shape index (κ2) is 6.76. The number of carbonyl (C=O) groups excluding carboxylic acids is 1. The number of pyridine rings is 1. The number of aryl methyl sites for hydroxylation is 2. The molecular formula is C20H18N2O2S. The molecule has 1 aliphatic carbocycles. The van der Waals surface area contributed by atoms with Crippen molar-refractivity contribution in [1.82, 2.24) is 9.97 Å². The Bertz CT molecular complexity index is 919. The van der Waals surface area contributed by atoms with Crippen LogP contribution in [0.15, 0.2) is 42.7 Å². The van der Waals surface area contributed by atoms with E-state index in [-0.39, 0.29) is 5.97 Å². The van der Waals surface area contributed by atoms with Crippen LogP contribution in [0.3, 0.4) is 0 Å². The highest BCUT2D eigenvalue weighted by atomic mass is 32.1. The molecule has 4 rings (SSSR count). The summed E-state index contributed by atoms with van der Waals surface area (Å²) >= 11 is 1.44. The minimum atomic E-state index is -0.328. The number of benzene rings is 1. The number of hydrogen-bond donors (Lipinski definition) is 0. The Morgan fingerprint density at radius 2 is 2.16 bits per heavy atom. The Balaban J connectivity index is 1.81. The molecule has 25 heavy (non-hydrogen) atoms. The molecule has 0 unspecified atom stereocenters. The van der Waals surface area contributed by atoms with Crippen molar-refractivity contribution in [2.75, 3.05) is 6.61 Å². The molecule has 0 fully saturated rings. The number of esters is 1. The molecule has 126 valence electrons. The molecule has 0 saturated heterocycles. The molecule has 2 heterocycles. The van der Waals surface area contributed by atoms with Crippen molar-refractivity contribution < 1.29 is 9.53 Å². The highest BCUT2D eigenvalue weighted by Gasteiger charge is 2.23. The summed E-state index contributed by atoms with van der Waals surface area (Å²) in [6.07, 6.45) is 6.61. The number of rotatable bonds is 3. The number of carbonyl (C=O) groups is 1. The molecule has 4 nitrogen and oxygen atoms in total. The van der Waals surface area contributed by atoms with Gasteiger partial charge >= 0.3 is 5.97 Å². The largest absolute Gasteiger partial charge is 0.461 e. The summed E-state index contributed by atoms with van der Waals surface area (Å²) in [7, 11) is 0. The van der Waals surface area contributed by atoms with Gasteiger partial charge in [-0.15, -0.1) is 11.3 Å². The van der Waals surface area contributed by atoms with E-state index in [1.165, 1.54) is 22.5 Å². The molecule has 1 aromatic carbocycles. The molecule has 0 N–H and O–H groups in total. The van der Waals surface area contributed by atoms with Gasteiger partial charge in [-0.25, -0.2) is 9.78 Å². The minimum Gasteiger partial charge on any atom is -0.461 e. The second-order valence-corrected chi connectivity index (χ2v) is 6.98. The molecular weight excluding hydrogens is 332 g/mol. The lowest BCUT2D eigenvalue weighted by Crippen LogP contribution is -2.04. The highest BCUT2D eigenvalue weighted by Crippen LogP contribution is 2.39. The first-order valence-corrected chi connectivity index (χ1v) is 9.28. The van der Waals surface area contributed by atoms with E-state index >= 15 is 0 Å². The van der Waals surface area contributed by atoms with Crippen molar-refractivity contribution in [2.24, 2.45) is 0 Å². The Labute approximate surface area is 150 Å². The predicted molar refractivity (Wildman–Crippen MR) is 98.8 cm³/mol. The third kappa shape index (κ3) is 3.07. The van der Waals surface area contributed by atoms with Crippen LogP contribution in [-0.4, -0.2) is 22.5 Å². The van der Waals surface area contributed by atoms with E-state index in [1.807, 2.05) is 19.2 Å². The zero-order valence-corrected chi connectivity index (χ0v) is 14.8. The summed E-state index contributed by atoms with van der Waals surface area (Å²) in [5, 5.41) is 0.450. The van der Waals surface area contributed by atoms with Crippen LogP contribution in [0.4, 0.5) is 0 Å². The van der Waals surface area contributed by atoms with E-state index in [0.29, 0.717) is 11.6 Å². The molecule has 2 aromatic heterocycles. The standard InChI is InChI=1S/C20H18N2O2S/c1-2-24-20(23)19-22-17-7-3-5-13-8-9-14(11-16(13)18(17)25-19)15-6-4-10-21-12-15/h4,6,8-12H,2-3,5,7H2,1H3. The van der Waals surface area contributed by atoms with E-state index in [4.69, 9.17) is 4.74 Å². The van der Waals surface area contributed by atoms with Crippen molar-refractivity contribution in [3.05, 3.63) is 59.0 Å². The van der Waals surface area contributed by atoms with Crippen LogP contribution in [0.25, 0.3) is 21.6 Å². The van der Waals surface area contributed by atoms with E-state index < -0.39 is 0 Å². The van der Waals surface area contributed by atoms with Crippen LogP contribution >= 0.6 is 11.3 Å². The van der Waals surface area contributed by atoms with Crippen LogP contribution in [0.2, 0.25) is 0 Å². The smallest absolute Gasteiger partial charge is 0.367 e. The molecule has 0 spiro atoms. The summed E-state index contributed by atoms with van der Waals surface area (Å²) in [4.78, 5) is 21.9. The average Bonchev–Trinajstić information content (AvgIpc) is 3.00. The number of hydrogen-bond acceptors (Lipinski definition) is 5. The number of fused-ring (bicyclic) bond motifs is 3. The molecule has 0 radical (unpaired) electrons. The van der Waals surface area contributed by atoms with Crippen LogP contribution in [0, 0.1) is 0 Å². The van der Waals surface area contributed by atoms with E-state index in [2.05, 4.69) is 34.2 Å². The van der Waals surface area contributed by atoms with Gasteiger partial charge in [0.05, 0.1) is 17.2 Å². The van der Waals surface area contributed by atoms with Crippen LogP contribution in [0.5, 0.6) is 0 Å². The van der Waals surface area contributed by atoms with Crippen LogP contribution in [0.1, 0.15) is 34.4 Å². The van der Waals surface area contributed by atoms with E-state index in [0.717, 1.165) is 41.0 Å². The predicted octanol–water partition coefficient (Wildman–Crippen LogP) is 4.54. The third-order valence-corrected chi connectivity index (χ3v) is 5.47. The maximum atomic E-state index is 12.1. The number of ether oxygens (including phenoxy) is 1. The second-order valence-electron chi connectivity index (χ2n) is 5.98. The number of thiazole rings is 1. The Morgan fingerprint density at radius 1 is 1.24 bits per heavy atom. The molecule has 1 aliphatic rings. The van der Waals surface area contributed by atoms with Gasteiger partial charge in [-0.2, -0.15) is 0 Å². The number of nitrogens with zero attached hydrogens (tertiary/aromatic N) is 2. The number of aromatic nitrogens is 2. The van der Waals surface area contributed by atoms with Crippen LogP contribution < -0.4 is 0 Å². The van der Waals surface area contributed by atoms with E-state index in [9.17, 15) is 4.79 Å². The van der Waals surface area contributed by atoms with Crippen molar-refractivity contribution in [3.8, 4) is 21.6 Å². The average molecular weight is 350 g/mol. The fourth-order valence-corrected chi connectivity index (χ4v) is 4.23. The maximum Gasteiger partial charge on any atom is 0.367 e. The summed E-state index contributed by atoms with van der Waals surface area (Å²) in [6.45, 7) is 2.18. The first kappa shape index (κ1) is 16.0. The summed E-state index contributed by atoms with van der Waals surface area (Å²) in [5.41, 5.74) is 5.72. The van der Waals surface area contributed by atoms with Gasteiger partial charge in [-0.05, 0) is 55.0 Å². The quantitative estimate of drug-likeness (QED) is 0.651. The van der Waals surface area contributed by atoms with Crippen molar-refractivity contribution >= 4 is 17.3 Å². The summed E-state index contributed by atoms with van der Waals surface area (Å²) < 4.78 is 5.12. The van der Waals surface area contributed by atoms with Gasteiger partial charge in [0, 0.05) is 18.0 Å². The Hall–Kier alpha value is -2.53. The van der Waals surface area contributed by atoms with E-state index in [1.54, 1.807) is 6.20 Å². The van der Waals surface area contributed by atoms with Gasteiger partial charge in [0.15, 0.2) is 0 Å². The SMILES string of the molecule is CCOC(=O)c1nc2c(s1)-c1cc(-c3cccnc3)ccc1CCC2. The van der Waals surface area contributed by atoms with Gasteiger partial charge in [0.1, 0.15) is 0 Å². The first-order valence-electron chi connectivity index (χ1n) is 8.47. The van der Waals surface area contributed by atoms with Crippen molar-refractivity contribution in [2.45, 2.75) is 26.2 Å².